The van der Waals surface area contributed by atoms with Crippen LogP contribution in [0.4, 0.5) is 11.4 Å². The molecule has 0 saturated heterocycles. The maximum atomic E-state index is 11.2. The van der Waals surface area contributed by atoms with Crippen molar-refractivity contribution < 1.29 is 4.79 Å². The van der Waals surface area contributed by atoms with E-state index in [0.717, 1.165) is 23.5 Å². The number of anilines is 2. The normalized spacial score (nSPS) is 10.3. The first-order valence-electron chi connectivity index (χ1n) is 6.78. The summed E-state index contributed by atoms with van der Waals surface area (Å²) in [6.45, 7) is 6.54. The van der Waals surface area contributed by atoms with E-state index in [-0.39, 0.29) is 5.91 Å². The van der Waals surface area contributed by atoms with Gasteiger partial charge in [-0.05, 0) is 35.9 Å². The Morgan fingerprint density at radius 1 is 1.30 bits per heavy atom. The van der Waals surface area contributed by atoms with Crippen LogP contribution < -0.4 is 10.6 Å². The van der Waals surface area contributed by atoms with Gasteiger partial charge in [-0.15, -0.1) is 11.3 Å². The summed E-state index contributed by atoms with van der Waals surface area (Å²) in [5.41, 5.74) is 4.68. The van der Waals surface area contributed by atoms with E-state index in [1.165, 1.54) is 23.7 Å². The van der Waals surface area contributed by atoms with Crippen molar-refractivity contribution in [2.24, 2.45) is 0 Å². The summed E-state index contributed by atoms with van der Waals surface area (Å²) >= 11 is 1.65. The molecule has 20 heavy (non-hydrogen) atoms. The summed E-state index contributed by atoms with van der Waals surface area (Å²) in [7, 11) is 0. The first-order chi connectivity index (χ1) is 9.61. The smallest absolute Gasteiger partial charge is 0.221 e. The van der Waals surface area contributed by atoms with Gasteiger partial charge >= 0.3 is 0 Å². The van der Waals surface area contributed by atoms with Crippen LogP contribution in [0, 0.1) is 6.92 Å². The van der Waals surface area contributed by atoms with Gasteiger partial charge in [0.15, 0.2) is 0 Å². The largest absolute Gasteiger partial charge is 0.380 e. The zero-order valence-electron chi connectivity index (χ0n) is 12.1. The van der Waals surface area contributed by atoms with Gasteiger partial charge in [-0.25, -0.2) is 0 Å². The minimum absolute atomic E-state index is 0.0326. The van der Waals surface area contributed by atoms with Crippen molar-refractivity contribution in [2.75, 3.05) is 10.6 Å². The number of aryl methyl sites for hydroxylation is 2. The van der Waals surface area contributed by atoms with Crippen LogP contribution in [0.5, 0.6) is 0 Å². The molecule has 1 aromatic carbocycles. The molecule has 3 nitrogen and oxygen atoms in total. The van der Waals surface area contributed by atoms with Crippen molar-refractivity contribution in [1.29, 1.82) is 0 Å². The molecular formula is C16H20N2OS. The summed E-state index contributed by atoms with van der Waals surface area (Å²) in [5, 5.41) is 8.37. The fourth-order valence-corrected chi connectivity index (χ4v) is 2.99. The molecule has 2 N–H and O–H groups in total. The van der Waals surface area contributed by atoms with Gasteiger partial charge in [-0.2, -0.15) is 0 Å². The number of carbonyl (C=O) groups is 1. The lowest BCUT2D eigenvalue weighted by Crippen LogP contribution is -2.09. The Balaban J connectivity index is 2.13. The second kappa shape index (κ2) is 6.57. The van der Waals surface area contributed by atoms with Gasteiger partial charge in [-0.3, -0.25) is 4.79 Å². The van der Waals surface area contributed by atoms with Gasteiger partial charge in [0.1, 0.15) is 0 Å². The van der Waals surface area contributed by atoms with E-state index in [1.54, 1.807) is 11.3 Å². The first kappa shape index (κ1) is 14.6. The van der Waals surface area contributed by atoms with E-state index in [2.05, 4.69) is 42.7 Å². The third-order valence-electron chi connectivity index (χ3n) is 3.22. The standard InChI is InChI=1S/C16H20N2OS/c1-4-13-7-5-6-11(2)16(13)17-10-15-14(8-9-20-15)18-12(3)19/h5-9,17H,4,10H2,1-3H3,(H,18,19). The highest BCUT2D eigenvalue weighted by molar-refractivity contribution is 7.10. The molecule has 1 heterocycles. The quantitative estimate of drug-likeness (QED) is 0.866. The molecule has 0 aliphatic carbocycles. The minimum atomic E-state index is -0.0326. The van der Waals surface area contributed by atoms with Crippen LogP contribution in [0.25, 0.3) is 0 Å². The second-order valence-corrected chi connectivity index (χ2v) is 5.76. The minimum Gasteiger partial charge on any atom is -0.380 e. The Morgan fingerprint density at radius 3 is 2.80 bits per heavy atom. The molecule has 0 saturated carbocycles. The summed E-state index contributed by atoms with van der Waals surface area (Å²) in [6, 6.07) is 8.30. The highest BCUT2D eigenvalue weighted by atomic mass is 32.1. The van der Waals surface area contributed by atoms with Gasteiger partial charge in [-0.1, -0.05) is 25.1 Å². The number of para-hydroxylation sites is 1. The van der Waals surface area contributed by atoms with Crippen LogP contribution in [-0.4, -0.2) is 5.91 Å². The Morgan fingerprint density at radius 2 is 2.10 bits per heavy atom. The number of hydrogen-bond donors (Lipinski definition) is 2. The van der Waals surface area contributed by atoms with Crippen LogP contribution in [0.1, 0.15) is 29.9 Å². The van der Waals surface area contributed by atoms with Crippen LogP contribution >= 0.6 is 11.3 Å². The van der Waals surface area contributed by atoms with E-state index >= 15 is 0 Å². The van der Waals surface area contributed by atoms with Crippen molar-refractivity contribution in [3.63, 3.8) is 0 Å². The van der Waals surface area contributed by atoms with Crippen molar-refractivity contribution in [3.8, 4) is 0 Å². The summed E-state index contributed by atoms with van der Waals surface area (Å²) < 4.78 is 0. The fourth-order valence-electron chi connectivity index (χ4n) is 2.22. The van der Waals surface area contributed by atoms with Gasteiger partial charge in [0.25, 0.3) is 0 Å². The third-order valence-corrected chi connectivity index (χ3v) is 4.14. The van der Waals surface area contributed by atoms with E-state index in [4.69, 9.17) is 0 Å². The van der Waals surface area contributed by atoms with Crippen LogP contribution in [0.3, 0.4) is 0 Å². The Bertz CT molecular complexity index is 604. The lowest BCUT2D eigenvalue weighted by atomic mass is 10.1. The highest BCUT2D eigenvalue weighted by Gasteiger charge is 2.08. The molecule has 0 atom stereocenters. The number of thiophene rings is 1. The molecule has 2 rings (SSSR count). The van der Waals surface area contributed by atoms with Crippen molar-refractivity contribution in [1.82, 2.24) is 0 Å². The Kier molecular flexibility index (Phi) is 4.79. The molecule has 0 radical (unpaired) electrons. The maximum Gasteiger partial charge on any atom is 0.221 e. The third kappa shape index (κ3) is 3.39. The predicted octanol–water partition coefficient (Wildman–Crippen LogP) is 4.19. The predicted molar refractivity (Wildman–Crippen MR) is 86.5 cm³/mol. The molecule has 0 bridgehead atoms. The molecule has 0 aliphatic heterocycles. The van der Waals surface area contributed by atoms with E-state index in [0.29, 0.717) is 0 Å². The fraction of sp³-hybridized carbons (Fsp3) is 0.312. The molecule has 0 unspecified atom stereocenters. The SMILES string of the molecule is CCc1cccc(C)c1NCc1sccc1NC(C)=O. The molecular weight excluding hydrogens is 268 g/mol. The number of amides is 1. The molecule has 4 heteroatoms. The molecule has 106 valence electrons. The zero-order valence-corrected chi connectivity index (χ0v) is 12.9. The lowest BCUT2D eigenvalue weighted by molar-refractivity contribution is -0.114. The molecule has 1 amide bonds. The first-order valence-corrected chi connectivity index (χ1v) is 7.66. The van der Waals surface area contributed by atoms with Gasteiger partial charge in [0.05, 0.1) is 12.2 Å². The van der Waals surface area contributed by atoms with Gasteiger partial charge < -0.3 is 10.6 Å². The summed E-state index contributed by atoms with van der Waals surface area (Å²) in [5.74, 6) is -0.0326. The second-order valence-electron chi connectivity index (χ2n) is 4.75. The molecule has 0 fully saturated rings. The number of carbonyl (C=O) groups excluding carboxylic acids is 1. The van der Waals surface area contributed by atoms with Gasteiger partial charge in [0, 0.05) is 17.5 Å². The number of benzene rings is 1. The van der Waals surface area contributed by atoms with Crippen LogP contribution in [0.15, 0.2) is 29.6 Å². The summed E-state index contributed by atoms with van der Waals surface area (Å²) in [4.78, 5) is 12.3. The maximum absolute atomic E-state index is 11.2. The number of hydrogen-bond acceptors (Lipinski definition) is 3. The Labute approximate surface area is 124 Å². The molecule has 0 spiro atoms. The monoisotopic (exact) mass is 288 g/mol. The number of rotatable bonds is 5. The van der Waals surface area contributed by atoms with Gasteiger partial charge in [0.2, 0.25) is 5.91 Å². The molecule has 1 aromatic heterocycles. The van der Waals surface area contributed by atoms with Crippen LogP contribution in [-0.2, 0) is 17.8 Å². The number of nitrogens with one attached hydrogen (secondary N) is 2. The molecule has 2 aromatic rings. The van der Waals surface area contributed by atoms with Crippen molar-refractivity contribution >= 4 is 28.6 Å². The average Bonchev–Trinajstić information content (AvgIpc) is 2.83. The van der Waals surface area contributed by atoms with E-state index in [1.807, 2.05) is 11.4 Å². The zero-order chi connectivity index (χ0) is 14.5. The van der Waals surface area contributed by atoms with E-state index in [9.17, 15) is 4.79 Å². The summed E-state index contributed by atoms with van der Waals surface area (Å²) in [6.07, 6.45) is 1.01. The average molecular weight is 288 g/mol. The van der Waals surface area contributed by atoms with E-state index < -0.39 is 0 Å². The Hall–Kier alpha value is -1.81. The van der Waals surface area contributed by atoms with Crippen molar-refractivity contribution in [3.05, 3.63) is 45.6 Å². The van der Waals surface area contributed by atoms with Crippen LogP contribution in [0.2, 0.25) is 0 Å². The topological polar surface area (TPSA) is 41.1 Å². The highest BCUT2D eigenvalue weighted by Crippen LogP contribution is 2.26. The van der Waals surface area contributed by atoms with Crippen molar-refractivity contribution in [2.45, 2.75) is 33.7 Å². The molecule has 0 aliphatic rings. The lowest BCUT2D eigenvalue weighted by Gasteiger charge is -2.14.